The van der Waals surface area contributed by atoms with Crippen molar-refractivity contribution in [1.29, 1.82) is 0 Å². The Balaban J connectivity index is 1.35. The summed E-state index contributed by atoms with van der Waals surface area (Å²) in [6.07, 6.45) is 3.10. The normalized spacial score (nSPS) is 16.4. The maximum absolute atomic E-state index is 15.7. The molecule has 1 aromatic heterocycles. The zero-order chi connectivity index (χ0) is 27.1. The van der Waals surface area contributed by atoms with Crippen LogP contribution in [0.5, 0.6) is 5.75 Å². The molecule has 1 fully saturated rings. The molecule has 0 radical (unpaired) electrons. The molecule has 1 aliphatic rings. The van der Waals surface area contributed by atoms with Crippen molar-refractivity contribution >= 4 is 40.2 Å². The zero-order valence-corrected chi connectivity index (χ0v) is 23.0. The van der Waals surface area contributed by atoms with Gasteiger partial charge in [-0.05, 0) is 93.2 Å². The number of fused-ring (bicyclic) bond motifs is 1. The minimum absolute atomic E-state index is 0.0232. The van der Waals surface area contributed by atoms with Gasteiger partial charge in [0.1, 0.15) is 17.7 Å². The Hall–Kier alpha value is -2.42. The maximum atomic E-state index is 15.7. The van der Waals surface area contributed by atoms with Gasteiger partial charge in [0.15, 0.2) is 0 Å². The van der Waals surface area contributed by atoms with Gasteiger partial charge in [0.05, 0.1) is 24.1 Å². The van der Waals surface area contributed by atoms with Crippen molar-refractivity contribution in [3.63, 3.8) is 0 Å². The van der Waals surface area contributed by atoms with Crippen LogP contribution >= 0.6 is 23.4 Å². The monoisotopic (exact) mass is 562 g/mol. The molecular weight excluding hydrogens is 530 g/mol. The molecule has 0 saturated carbocycles. The number of ether oxygens (including phenoxy) is 1. The van der Waals surface area contributed by atoms with E-state index in [0.717, 1.165) is 31.8 Å². The Morgan fingerprint density at radius 1 is 1.26 bits per heavy atom. The molecule has 2 heterocycles. The van der Waals surface area contributed by atoms with Crippen LogP contribution in [0.2, 0.25) is 5.02 Å². The van der Waals surface area contributed by atoms with Gasteiger partial charge in [-0.1, -0.05) is 23.7 Å². The number of carbonyl (C=O) groups is 1. The fraction of sp³-hybridized carbons (Fsp3) is 0.448. The van der Waals surface area contributed by atoms with Crippen molar-refractivity contribution in [1.82, 2.24) is 9.88 Å². The van der Waals surface area contributed by atoms with E-state index in [9.17, 15) is 14.3 Å². The summed E-state index contributed by atoms with van der Waals surface area (Å²) in [5.41, 5.74) is 0.558. The lowest BCUT2D eigenvalue weighted by atomic mass is 9.71. The number of hydrogen-bond acceptors (Lipinski definition) is 5. The number of rotatable bonds is 12. The van der Waals surface area contributed by atoms with Crippen molar-refractivity contribution in [2.24, 2.45) is 5.41 Å². The van der Waals surface area contributed by atoms with E-state index in [-0.39, 0.29) is 23.7 Å². The molecule has 38 heavy (non-hydrogen) atoms. The third-order valence-electron chi connectivity index (χ3n) is 7.47. The summed E-state index contributed by atoms with van der Waals surface area (Å²) < 4.78 is 34.8. The minimum atomic E-state index is -1.35. The maximum Gasteiger partial charge on any atom is 0.303 e. The van der Waals surface area contributed by atoms with Crippen LogP contribution in [-0.2, 0) is 4.79 Å². The van der Waals surface area contributed by atoms with Crippen molar-refractivity contribution in [3.05, 3.63) is 65.1 Å². The highest BCUT2D eigenvalue weighted by molar-refractivity contribution is 7.99. The van der Waals surface area contributed by atoms with Crippen LogP contribution in [0, 0.1) is 11.2 Å². The molecule has 0 aliphatic carbocycles. The van der Waals surface area contributed by atoms with Crippen molar-refractivity contribution < 1.29 is 23.4 Å². The molecule has 0 bridgehead atoms. The lowest BCUT2D eigenvalue weighted by Crippen LogP contribution is -2.41. The van der Waals surface area contributed by atoms with E-state index in [0.29, 0.717) is 46.4 Å². The van der Waals surface area contributed by atoms with Gasteiger partial charge < -0.3 is 14.7 Å². The Morgan fingerprint density at radius 3 is 2.74 bits per heavy atom. The highest BCUT2D eigenvalue weighted by atomic mass is 35.5. The van der Waals surface area contributed by atoms with Crippen LogP contribution in [0.25, 0.3) is 10.9 Å². The second-order valence-corrected chi connectivity index (χ2v) is 11.5. The molecule has 9 heteroatoms. The molecule has 1 atom stereocenters. The van der Waals surface area contributed by atoms with Crippen LogP contribution in [0.15, 0.2) is 53.6 Å². The van der Waals surface area contributed by atoms with Gasteiger partial charge >= 0.3 is 5.97 Å². The fourth-order valence-electron chi connectivity index (χ4n) is 5.31. The number of benzene rings is 2. The highest BCUT2D eigenvalue weighted by Gasteiger charge is 2.37. The van der Waals surface area contributed by atoms with E-state index in [4.69, 9.17) is 16.3 Å². The van der Waals surface area contributed by atoms with E-state index in [1.165, 1.54) is 24.0 Å². The Morgan fingerprint density at radius 2 is 2.03 bits per heavy atom. The number of aliphatic carboxylic acids is 1. The van der Waals surface area contributed by atoms with E-state index in [2.05, 4.69) is 9.88 Å². The number of nitrogens with zero attached hydrogens (tertiary/aromatic N) is 2. The number of piperidine rings is 1. The van der Waals surface area contributed by atoms with Crippen molar-refractivity contribution in [2.75, 3.05) is 32.5 Å². The van der Waals surface area contributed by atoms with Gasteiger partial charge in [-0.25, -0.2) is 8.78 Å². The number of pyridine rings is 1. The summed E-state index contributed by atoms with van der Waals surface area (Å²) in [5, 5.41) is 10.5. The number of aromatic nitrogens is 1. The molecule has 2 aromatic carbocycles. The molecule has 0 amide bonds. The number of thioether (sulfide) groups is 1. The number of methoxy groups -OCH3 is 1. The van der Waals surface area contributed by atoms with Gasteiger partial charge in [0.2, 0.25) is 0 Å². The first-order valence-corrected chi connectivity index (χ1v) is 14.2. The topological polar surface area (TPSA) is 62.7 Å². The van der Waals surface area contributed by atoms with E-state index >= 15 is 4.39 Å². The second kappa shape index (κ2) is 13.1. The molecule has 4 rings (SSSR count). The van der Waals surface area contributed by atoms with Crippen LogP contribution in [0.3, 0.4) is 0 Å². The highest BCUT2D eigenvalue weighted by Crippen LogP contribution is 2.44. The first-order chi connectivity index (χ1) is 18.3. The summed E-state index contributed by atoms with van der Waals surface area (Å²) >= 11 is 7.91. The summed E-state index contributed by atoms with van der Waals surface area (Å²) in [6, 6.07) is 12.1. The fourth-order valence-corrected chi connectivity index (χ4v) is 6.45. The Labute approximate surface area is 231 Å². The first kappa shape index (κ1) is 28.6. The number of alkyl halides is 1. The van der Waals surface area contributed by atoms with E-state index < -0.39 is 17.6 Å². The van der Waals surface area contributed by atoms with Crippen LogP contribution < -0.4 is 4.74 Å². The van der Waals surface area contributed by atoms with Gasteiger partial charge in [-0.2, -0.15) is 0 Å². The molecular formula is C29H33ClF2N2O3S. The van der Waals surface area contributed by atoms with E-state index in [1.54, 1.807) is 37.4 Å². The third-order valence-corrected chi connectivity index (χ3v) is 8.90. The smallest absolute Gasteiger partial charge is 0.303 e. The number of hydrogen-bond donors (Lipinski definition) is 1. The lowest BCUT2D eigenvalue weighted by Gasteiger charge is -2.41. The summed E-state index contributed by atoms with van der Waals surface area (Å²) in [6.45, 7) is 2.41. The zero-order valence-electron chi connectivity index (χ0n) is 21.5. The average Bonchev–Trinajstić information content (AvgIpc) is 2.91. The summed E-state index contributed by atoms with van der Waals surface area (Å²) in [5.74, 6) is 0.358. The summed E-state index contributed by atoms with van der Waals surface area (Å²) in [4.78, 5) is 19.1. The molecule has 5 nitrogen and oxygen atoms in total. The van der Waals surface area contributed by atoms with Crippen molar-refractivity contribution in [2.45, 2.75) is 49.6 Å². The summed E-state index contributed by atoms with van der Waals surface area (Å²) in [7, 11) is 1.55. The second-order valence-electron chi connectivity index (χ2n) is 9.95. The molecule has 0 spiro atoms. The Bertz CT molecular complexity index is 1250. The standard InChI is InChI=1S/C29H33ClF2N2O3S/c1-37-20-7-8-25-21(17-20)28(22(30)19-33-25)24(32)9-10-29(18-27(35)36)11-14-34(15-12-29)13-4-16-38-26-6-3-2-5-23(26)31/h2-3,5-8,17,19,24H,4,9-16,18H2,1H3,(H,35,36)/t24-/m0/s1. The minimum Gasteiger partial charge on any atom is -0.497 e. The SMILES string of the molecule is COc1ccc2ncc(Cl)c([C@@H](F)CCC3(CC(=O)O)CCN(CCCSc4ccccc4F)CC3)c2c1. The average molecular weight is 563 g/mol. The number of carboxylic acids is 1. The number of likely N-dealkylation sites (tertiary alicyclic amines) is 1. The molecule has 204 valence electrons. The van der Waals surface area contributed by atoms with Crippen LogP contribution in [0.4, 0.5) is 8.78 Å². The van der Waals surface area contributed by atoms with Gasteiger partial charge in [0.25, 0.3) is 0 Å². The van der Waals surface area contributed by atoms with Gasteiger partial charge in [0, 0.05) is 22.0 Å². The number of carboxylic acid groups (broad SMARTS) is 1. The first-order valence-electron chi connectivity index (χ1n) is 12.9. The van der Waals surface area contributed by atoms with Crippen LogP contribution in [-0.4, -0.2) is 53.5 Å². The largest absolute Gasteiger partial charge is 0.497 e. The molecule has 0 unspecified atom stereocenters. The predicted molar refractivity (Wildman–Crippen MR) is 148 cm³/mol. The lowest BCUT2D eigenvalue weighted by molar-refractivity contribution is -0.141. The molecule has 1 saturated heterocycles. The van der Waals surface area contributed by atoms with E-state index in [1.807, 2.05) is 6.07 Å². The predicted octanol–water partition coefficient (Wildman–Crippen LogP) is 7.57. The van der Waals surface area contributed by atoms with Gasteiger partial charge in [-0.15, -0.1) is 11.8 Å². The number of halogens is 3. The molecule has 3 aromatic rings. The molecule has 1 aliphatic heterocycles. The molecule has 1 N–H and O–H groups in total. The van der Waals surface area contributed by atoms with Gasteiger partial charge in [-0.3, -0.25) is 9.78 Å². The third kappa shape index (κ3) is 7.16. The van der Waals surface area contributed by atoms with Crippen molar-refractivity contribution in [3.8, 4) is 5.75 Å². The quantitative estimate of drug-likeness (QED) is 0.181. The van der Waals surface area contributed by atoms with Crippen LogP contribution in [0.1, 0.15) is 50.3 Å². The Kier molecular flexibility index (Phi) is 9.85.